The van der Waals surface area contributed by atoms with E-state index in [0.29, 0.717) is 24.3 Å². The molecule has 3 heteroatoms. The van der Waals surface area contributed by atoms with Crippen LogP contribution in [0.25, 0.3) is 0 Å². The largest absolute Gasteiger partial charge is 0.380 e. The average molecular weight is 227 g/mol. The molecule has 0 spiro atoms. The second-order valence-electron chi connectivity index (χ2n) is 5.35. The second-order valence-corrected chi connectivity index (χ2v) is 5.35. The van der Waals surface area contributed by atoms with Crippen molar-refractivity contribution in [1.29, 1.82) is 0 Å². The van der Waals surface area contributed by atoms with Gasteiger partial charge in [-0.25, -0.2) is 0 Å². The highest BCUT2D eigenvalue weighted by Gasteiger charge is 2.36. The Balaban J connectivity index is 1.91. The number of hydrogen-bond donors (Lipinski definition) is 0. The topological polar surface area (TPSA) is 21.7 Å². The fourth-order valence-corrected chi connectivity index (χ4v) is 3.08. The van der Waals surface area contributed by atoms with Gasteiger partial charge in [-0.2, -0.15) is 0 Å². The maximum atomic E-state index is 5.94. The van der Waals surface area contributed by atoms with Crippen LogP contribution >= 0.6 is 0 Å². The van der Waals surface area contributed by atoms with Gasteiger partial charge in [0, 0.05) is 18.7 Å². The van der Waals surface area contributed by atoms with E-state index in [1.165, 1.54) is 25.8 Å². The molecule has 2 saturated heterocycles. The third-order valence-electron chi connectivity index (χ3n) is 3.75. The summed E-state index contributed by atoms with van der Waals surface area (Å²) in [5, 5.41) is 0. The Labute approximate surface area is 99.1 Å². The van der Waals surface area contributed by atoms with Crippen LogP contribution in [-0.4, -0.2) is 49.0 Å². The summed E-state index contributed by atoms with van der Waals surface area (Å²) in [4.78, 5) is 2.63. The van der Waals surface area contributed by atoms with E-state index in [1.54, 1.807) is 0 Å². The smallest absolute Gasteiger partial charge is 0.0705 e. The number of ether oxygens (including phenoxy) is 2. The first-order valence-electron chi connectivity index (χ1n) is 6.67. The van der Waals surface area contributed by atoms with Crippen LogP contribution in [0.2, 0.25) is 0 Å². The fraction of sp³-hybridized carbons (Fsp3) is 1.00. The molecule has 0 bridgehead atoms. The molecule has 16 heavy (non-hydrogen) atoms. The molecular weight excluding hydrogens is 202 g/mol. The van der Waals surface area contributed by atoms with Crippen molar-refractivity contribution in [2.24, 2.45) is 0 Å². The molecule has 0 aromatic heterocycles. The van der Waals surface area contributed by atoms with Crippen molar-refractivity contribution in [2.75, 3.05) is 19.8 Å². The van der Waals surface area contributed by atoms with Crippen LogP contribution in [0, 0.1) is 0 Å². The van der Waals surface area contributed by atoms with Crippen LogP contribution in [0.4, 0.5) is 0 Å². The Hall–Kier alpha value is -0.120. The molecule has 0 aromatic rings. The lowest BCUT2D eigenvalue weighted by atomic mass is 10.1. The Morgan fingerprint density at radius 3 is 2.69 bits per heavy atom. The van der Waals surface area contributed by atoms with Gasteiger partial charge in [0.05, 0.1) is 18.8 Å². The summed E-state index contributed by atoms with van der Waals surface area (Å²) in [5.74, 6) is 0. The summed E-state index contributed by atoms with van der Waals surface area (Å²) in [7, 11) is 0. The van der Waals surface area contributed by atoms with Crippen LogP contribution in [0.3, 0.4) is 0 Å². The highest BCUT2D eigenvalue weighted by molar-refractivity contribution is 4.90. The standard InChI is InChI=1S/C13H25NO2/c1-10(2)16-11(3)13-5-4-7-14(13)12-6-8-15-9-12/h10-13H,4-9H2,1-3H3/t11-,12+,13?/m0/s1. The van der Waals surface area contributed by atoms with E-state index >= 15 is 0 Å². The molecule has 2 rings (SSSR count). The molecule has 0 radical (unpaired) electrons. The van der Waals surface area contributed by atoms with E-state index in [2.05, 4.69) is 25.7 Å². The van der Waals surface area contributed by atoms with Gasteiger partial charge in [-0.15, -0.1) is 0 Å². The summed E-state index contributed by atoms with van der Waals surface area (Å²) >= 11 is 0. The number of hydrogen-bond acceptors (Lipinski definition) is 3. The number of rotatable bonds is 4. The number of nitrogens with zero attached hydrogens (tertiary/aromatic N) is 1. The molecule has 2 heterocycles. The maximum Gasteiger partial charge on any atom is 0.0705 e. The zero-order valence-electron chi connectivity index (χ0n) is 10.8. The SMILES string of the molecule is CC(C)O[C@@H](C)C1CCCN1[C@@H]1CCOC1. The Bertz CT molecular complexity index is 214. The zero-order chi connectivity index (χ0) is 11.5. The minimum absolute atomic E-state index is 0.331. The van der Waals surface area contributed by atoms with Gasteiger partial charge >= 0.3 is 0 Å². The molecule has 0 saturated carbocycles. The van der Waals surface area contributed by atoms with Gasteiger partial charge in [-0.3, -0.25) is 4.90 Å². The Morgan fingerprint density at radius 2 is 2.06 bits per heavy atom. The van der Waals surface area contributed by atoms with Crippen LogP contribution in [-0.2, 0) is 9.47 Å². The van der Waals surface area contributed by atoms with Crippen molar-refractivity contribution < 1.29 is 9.47 Å². The van der Waals surface area contributed by atoms with Crippen LogP contribution < -0.4 is 0 Å². The Kier molecular flexibility index (Phi) is 4.22. The molecule has 0 aliphatic carbocycles. The lowest BCUT2D eigenvalue weighted by Gasteiger charge is -2.34. The van der Waals surface area contributed by atoms with Crippen LogP contribution in [0.1, 0.15) is 40.0 Å². The Morgan fingerprint density at radius 1 is 1.25 bits per heavy atom. The second kappa shape index (κ2) is 5.48. The first-order chi connectivity index (χ1) is 7.68. The fourth-order valence-electron chi connectivity index (χ4n) is 3.08. The summed E-state index contributed by atoms with van der Waals surface area (Å²) in [6, 6.07) is 1.25. The van der Waals surface area contributed by atoms with E-state index < -0.39 is 0 Å². The highest BCUT2D eigenvalue weighted by Crippen LogP contribution is 2.27. The van der Waals surface area contributed by atoms with E-state index in [1.807, 2.05) is 0 Å². The molecule has 94 valence electrons. The van der Waals surface area contributed by atoms with Gasteiger partial charge < -0.3 is 9.47 Å². The van der Waals surface area contributed by atoms with Gasteiger partial charge in [0.15, 0.2) is 0 Å². The van der Waals surface area contributed by atoms with Gasteiger partial charge in [-0.05, 0) is 46.6 Å². The molecule has 0 amide bonds. The summed E-state index contributed by atoms with van der Waals surface area (Å²) in [5.41, 5.74) is 0. The van der Waals surface area contributed by atoms with E-state index in [4.69, 9.17) is 9.47 Å². The molecule has 0 N–H and O–H groups in total. The van der Waals surface area contributed by atoms with Gasteiger partial charge in [0.1, 0.15) is 0 Å². The lowest BCUT2D eigenvalue weighted by molar-refractivity contribution is -0.0340. The summed E-state index contributed by atoms with van der Waals surface area (Å²) in [6.45, 7) is 9.55. The third-order valence-corrected chi connectivity index (χ3v) is 3.75. The lowest BCUT2D eigenvalue weighted by Crippen LogP contribution is -2.45. The van der Waals surface area contributed by atoms with Crippen molar-refractivity contribution in [3.8, 4) is 0 Å². The van der Waals surface area contributed by atoms with Gasteiger partial charge in [-0.1, -0.05) is 0 Å². The third kappa shape index (κ3) is 2.76. The first kappa shape index (κ1) is 12.3. The molecule has 3 atom stereocenters. The van der Waals surface area contributed by atoms with Crippen LogP contribution in [0.15, 0.2) is 0 Å². The molecule has 2 aliphatic rings. The molecule has 2 fully saturated rings. The quantitative estimate of drug-likeness (QED) is 0.734. The molecule has 1 unspecified atom stereocenters. The number of likely N-dealkylation sites (tertiary alicyclic amines) is 1. The van der Waals surface area contributed by atoms with Crippen molar-refractivity contribution in [3.63, 3.8) is 0 Å². The minimum Gasteiger partial charge on any atom is -0.380 e. The summed E-state index contributed by atoms with van der Waals surface area (Å²) in [6.07, 6.45) is 4.47. The van der Waals surface area contributed by atoms with E-state index in [-0.39, 0.29) is 0 Å². The highest BCUT2D eigenvalue weighted by atomic mass is 16.5. The van der Waals surface area contributed by atoms with Crippen molar-refractivity contribution >= 4 is 0 Å². The van der Waals surface area contributed by atoms with Crippen molar-refractivity contribution in [1.82, 2.24) is 4.90 Å². The average Bonchev–Trinajstić information content (AvgIpc) is 2.87. The van der Waals surface area contributed by atoms with E-state index in [0.717, 1.165) is 13.2 Å². The zero-order valence-corrected chi connectivity index (χ0v) is 10.8. The van der Waals surface area contributed by atoms with E-state index in [9.17, 15) is 0 Å². The predicted molar refractivity (Wildman–Crippen MR) is 64.6 cm³/mol. The molecule has 2 aliphatic heterocycles. The van der Waals surface area contributed by atoms with Crippen LogP contribution in [0.5, 0.6) is 0 Å². The monoisotopic (exact) mass is 227 g/mol. The van der Waals surface area contributed by atoms with Crippen molar-refractivity contribution in [2.45, 2.75) is 64.3 Å². The predicted octanol–water partition coefficient (Wildman–Crippen LogP) is 2.05. The molecular formula is C13H25NO2. The summed E-state index contributed by atoms with van der Waals surface area (Å²) < 4.78 is 11.4. The molecule has 0 aromatic carbocycles. The molecule has 3 nitrogen and oxygen atoms in total. The minimum atomic E-state index is 0.331. The first-order valence-corrected chi connectivity index (χ1v) is 6.67. The maximum absolute atomic E-state index is 5.94. The van der Waals surface area contributed by atoms with Gasteiger partial charge in [0.2, 0.25) is 0 Å². The normalized spacial score (nSPS) is 33.8. The van der Waals surface area contributed by atoms with Gasteiger partial charge in [0.25, 0.3) is 0 Å². The van der Waals surface area contributed by atoms with Crippen molar-refractivity contribution in [3.05, 3.63) is 0 Å².